The summed E-state index contributed by atoms with van der Waals surface area (Å²) in [7, 11) is 0. The van der Waals surface area contributed by atoms with Crippen LogP contribution in [0.1, 0.15) is 37.6 Å². The summed E-state index contributed by atoms with van der Waals surface area (Å²) in [6.45, 7) is 6.93. The van der Waals surface area contributed by atoms with Crippen molar-refractivity contribution in [3.05, 3.63) is 27.9 Å². The molecular weight excluding hydrogens is 274 g/mol. The number of aromatic carboxylic acids is 1. The van der Waals surface area contributed by atoms with Gasteiger partial charge in [0.05, 0.1) is 10.5 Å². The van der Waals surface area contributed by atoms with Crippen molar-refractivity contribution >= 4 is 17.5 Å². The summed E-state index contributed by atoms with van der Waals surface area (Å²) in [6.07, 6.45) is 2.25. The molecule has 0 radical (unpaired) electrons. The van der Waals surface area contributed by atoms with E-state index in [0.717, 1.165) is 12.5 Å². The highest BCUT2D eigenvalue weighted by Crippen LogP contribution is 2.35. The third-order valence-electron chi connectivity index (χ3n) is 4.16. The molecule has 0 saturated carbocycles. The summed E-state index contributed by atoms with van der Waals surface area (Å²) >= 11 is 0. The Morgan fingerprint density at radius 2 is 2.14 bits per heavy atom. The van der Waals surface area contributed by atoms with E-state index in [-0.39, 0.29) is 23.1 Å². The van der Waals surface area contributed by atoms with Crippen LogP contribution in [0.25, 0.3) is 0 Å². The first-order valence-electron chi connectivity index (χ1n) is 6.95. The van der Waals surface area contributed by atoms with Crippen LogP contribution in [-0.2, 0) is 0 Å². The summed E-state index contributed by atoms with van der Waals surface area (Å²) in [5, 5.41) is 20.2. The van der Waals surface area contributed by atoms with Crippen LogP contribution in [0.2, 0.25) is 0 Å². The van der Waals surface area contributed by atoms with Gasteiger partial charge >= 0.3 is 11.7 Å². The van der Waals surface area contributed by atoms with E-state index >= 15 is 0 Å². The SMILES string of the molecule is CC1CC(C)C(C)N(c2ncc(C(=O)O)cc2[N+](=O)[O-])C1. The predicted molar refractivity (Wildman–Crippen MR) is 77.6 cm³/mol. The molecule has 0 aromatic carbocycles. The fourth-order valence-electron chi connectivity index (χ4n) is 2.91. The number of hydrogen-bond donors (Lipinski definition) is 1. The summed E-state index contributed by atoms with van der Waals surface area (Å²) in [5.41, 5.74) is -0.417. The molecule has 1 aromatic rings. The van der Waals surface area contributed by atoms with Crippen molar-refractivity contribution in [3.63, 3.8) is 0 Å². The van der Waals surface area contributed by atoms with Crippen LogP contribution >= 0.6 is 0 Å². The Kier molecular flexibility index (Phi) is 4.11. The number of carbonyl (C=O) groups is 1. The van der Waals surface area contributed by atoms with Gasteiger partial charge in [-0.3, -0.25) is 10.1 Å². The highest BCUT2D eigenvalue weighted by Gasteiger charge is 2.33. The minimum atomic E-state index is -1.22. The molecule has 0 spiro atoms. The number of nitrogens with zero attached hydrogens (tertiary/aromatic N) is 3. The van der Waals surface area contributed by atoms with Gasteiger partial charge < -0.3 is 10.0 Å². The largest absolute Gasteiger partial charge is 0.478 e. The molecule has 1 aromatic heterocycles. The second-order valence-corrected chi connectivity index (χ2v) is 5.84. The van der Waals surface area contributed by atoms with Gasteiger partial charge in [0.15, 0.2) is 0 Å². The van der Waals surface area contributed by atoms with Crippen LogP contribution in [-0.4, -0.2) is 33.6 Å². The zero-order valence-electron chi connectivity index (χ0n) is 12.3. The molecule has 7 nitrogen and oxygen atoms in total. The molecule has 1 aliphatic heterocycles. The van der Waals surface area contributed by atoms with Crippen molar-refractivity contribution in [3.8, 4) is 0 Å². The number of piperidine rings is 1. The average molecular weight is 293 g/mol. The zero-order valence-corrected chi connectivity index (χ0v) is 12.3. The molecule has 114 valence electrons. The highest BCUT2D eigenvalue weighted by atomic mass is 16.6. The number of aromatic nitrogens is 1. The molecule has 3 atom stereocenters. The van der Waals surface area contributed by atoms with Gasteiger partial charge in [0.1, 0.15) is 0 Å². The minimum Gasteiger partial charge on any atom is -0.478 e. The van der Waals surface area contributed by atoms with E-state index in [0.29, 0.717) is 18.4 Å². The first-order valence-corrected chi connectivity index (χ1v) is 6.95. The maximum atomic E-state index is 11.3. The van der Waals surface area contributed by atoms with Crippen molar-refractivity contribution in [2.75, 3.05) is 11.4 Å². The lowest BCUT2D eigenvalue weighted by molar-refractivity contribution is -0.384. The molecule has 1 N–H and O–H groups in total. The summed E-state index contributed by atoms with van der Waals surface area (Å²) < 4.78 is 0. The van der Waals surface area contributed by atoms with Crippen molar-refractivity contribution in [2.24, 2.45) is 11.8 Å². The van der Waals surface area contributed by atoms with Gasteiger partial charge in [-0.05, 0) is 25.2 Å². The van der Waals surface area contributed by atoms with Gasteiger partial charge in [-0.25, -0.2) is 9.78 Å². The van der Waals surface area contributed by atoms with Gasteiger partial charge in [0.2, 0.25) is 5.82 Å². The van der Waals surface area contributed by atoms with Crippen LogP contribution < -0.4 is 4.90 Å². The van der Waals surface area contributed by atoms with Gasteiger partial charge in [-0.1, -0.05) is 13.8 Å². The third-order valence-corrected chi connectivity index (χ3v) is 4.16. The maximum Gasteiger partial charge on any atom is 0.337 e. The van der Waals surface area contributed by atoms with Gasteiger partial charge in [-0.2, -0.15) is 0 Å². The molecular formula is C14H19N3O4. The minimum absolute atomic E-state index is 0.128. The van der Waals surface area contributed by atoms with E-state index in [2.05, 4.69) is 18.8 Å². The van der Waals surface area contributed by atoms with Crippen molar-refractivity contribution in [1.29, 1.82) is 0 Å². The Morgan fingerprint density at radius 3 is 2.71 bits per heavy atom. The third kappa shape index (κ3) is 2.96. The molecule has 0 aliphatic carbocycles. The van der Waals surface area contributed by atoms with E-state index in [9.17, 15) is 14.9 Å². The molecule has 21 heavy (non-hydrogen) atoms. The number of anilines is 1. The first-order chi connectivity index (χ1) is 9.81. The fraction of sp³-hybridized carbons (Fsp3) is 0.571. The van der Waals surface area contributed by atoms with Gasteiger partial charge in [-0.15, -0.1) is 0 Å². The molecule has 2 rings (SSSR count). The molecule has 3 unspecified atom stereocenters. The van der Waals surface area contributed by atoms with Crippen LogP contribution in [0, 0.1) is 22.0 Å². The molecule has 0 bridgehead atoms. The van der Waals surface area contributed by atoms with Gasteiger partial charge in [0.25, 0.3) is 0 Å². The van der Waals surface area contributed by atoms with E-state index < -0.39 is 10.9 Å². The topological polar surface area (TPSA) is 96.6 Å². The van der Waals surface area contributed by atoms with Crippen LogP contribution in [0.15, 0.2) is 12.3 Å². The summed E-state index contributed by atoms with van der Waals surface area (Å²) in [6, 6.07) is 1.21. The number of rotatable bonds is 3. The number of carboxylic acids is 1. The molecule has 1 fully saturated rings. The Bertz CT molecular complexity index is 575. The van der Waals surface area contributed by atoms with Crippen molar-refractivity contribution in [1.82, 2.24) is 4.98 Å². The normalized spacial score (nSPS) is 25.7. The maximum absolute atomic E-state index is 11.3. The van der Waals surface area contributed by atoms with Crippen molar-refractivity contribution in [2.45, 2.75) is 33.2 Å². The summed E-state index contributed by atoms with van der Waals surface area (Å²) in [4.78, 5) is 27.6. The average Bonchev–Trinajstić information content (AvgIpc) is 2.42. The lowest BCUT2D eigenvalue weighted by atomic mass is 9.86. The van der Waals surface area contributed by atoms with Gasteiger partial charge in [0, 0.05) is 24.8 Å². The lowest BCUT2D eigenvalue weighted by Gasteiger charge is -2.41. The molecule has 1 aliphatic rings. The van der Waals surface area contributed by atoms with E-state index in [4.69, 9.17) is 5.11 Å². The quantitative estimate of drug-likeness (QED) is 0.679. The predicted octanol–water partition coefficient (Wildman–Crippen LogP) is 2.56. The monoisotopic (exact) mass is 293 g/mol. The van der Waals surface area contributed by atoms with Crippen LogP contribution in [0.4, 0.5) is 11.5 Å². The zero-order chi connectivity index (χ0) is 15.7. The molecule has 1 saturated heterocycles. The Morgan fingerprint density at radius 1 is 1.48 bits per heavy atom. The second-order valence-electron chi connectivity index (χ2n) is 5.84. The van der Waals surface area contributed by atoms with E-state index in [1.807, 2.05) is 11.8 Å². The van der Waals surface area contributed by atoms with E-state index in [1.165, 1.54) is 6.20 Å². The molecule has 7 heteroatoms. The lowest BCUT2D eigenvalue weighted by Crippen LogP contribution is -2.46. The highest BCUT2D eigenvalue weighted by molar-refractivity contribution is 5.88. The fourth-order valence-corrected chi connectivity index (χ4v) is 2.91. The number of nitro groups is 1. The van der Waals surface area contributed by atoms with Crippen LogP contribution in [0.3, 0.4) is 0 Å². The van der Waals surface area contributed by atoms with Crippen molar-refractivity contribution < 1.29 is 14.8 Å². The second kappa shape index (κ2) is 5.67. The Labute approximate surface area is 122 Å². The Balaban J connectivity index is 2.47. The smallest absolute Gasteiger partial charge is 0.337 e. The van der Waals surface area contributed by atoms with E-state index in [1.54, 1.807) is 0 Å². The molecule has 2 heterocycles. The number of hydrogen-bond acceptors (Lipinski definition) is 5. The standard InChI is InChI=1S/C14H19N3O4/c1-8-4-9(2)10(3)16(7-8)13-12(17(20)21)5-11(6-15-13)14(18)19/h5-6,8-10H,4,7H2,1-3H3,(H,18,19). The van der Waals surface area contributed by atoms with Crippen LogP contribution in [0.5, 0.6) is 0 Å². The number of pyridine rings is 1. The number of carboxylic acid groups (broad SMARTS) is 1. The first kappa shape index (κ1) is 15.2. The Hall–Kier alpha value is -2.18. The molecule has 0 amide bonds. The summed E-state index contributed by atoms with van der Waals surface area (Å²) in [5.74, 6) is -0.146.